The van der Waals surface area contributed by atoms with E-state index in [2.05, 4.69) is 10.6 Å². The molecule has 8 nitrogen and oxygen atoms in total. The number of ether oxygens (including phenoxy) is 1. The van der Waals surface area contributed by atoms with Gasteiger partial charge in [0.1, 0.15) is 15.9 Å². The van der Waals surface area contributed by atoms with Gasteiger partial charge in [-0.2, -0.15) is 5.26 Å². The monoisotopic (exact) mass is 437 g/mol. The van der Waals surface area contributed by atoms with E-state index >= 15 is 0 Å². The number of nitriles is 1. The summed E-state index contributed by atoms with van der Waals surface area (Å²) in [4.78, 5) is 37.4. The molecule has 0 aliphatic heterocycles. The lowest BCUT2D eigenvalue weighted by Gasteiger charge is -2.10. The number of benzene rings is 1. The molecule has 0 fully saturated rings. The number of hydrogen-bond acceptors (Lipinski definition) is 7. The van der Waals surface area contributed by atoms with Gasteiger partial charge in [-0.1, -0.05) is 6.07 Å². The largest absolute Gasteiger partial charge is 0.462 e. The first-order chi connectivity index (χ1) is 14.8. The average Bonchev–Trinajstić information content (AvgIpc) is 3.38. The molecule has 2 amide bonds. The van der Waals surface area contributed by atoms with Crippen LogP contribution in [0.15, 0.2) is 41.0 Å². The van der Waals surface area contributed by atoms with E-state index in [9.17, 15) is 19.6 Å². The highest BCUT2D eigenvalue weighted by atomic mass is 32.1. The summed E-state index contributed by atoms with van der Waals surface area (Å²) in [6.45, 7) is 5.32. The highest BCUT2D eigenvalue weighted by molar-refractivity contribution is 7.18. The van der Waals surface area contributed by atoms with Crippen LogP contribution in [0.3, 0.4) is 0 Å². The van der Waals surface area contributed by atoms with Crippen molar-refractivity contribution in [2.45, 2.75) is 20.8 Å². The van der Waals surface area contributed by atoms with Crippen LogP contribution in [0.2, 0.25) is 0 Å². The van der Waals surface area contributed by atoms with Crippen molar-refractivity contribution in [1.29, 1.82) is 5.26 Å². The fraction of sp³-hybridized carbons (Fsp3) is 0.182. The molecule has 0 atom stereocenters. The Labute approximate surface area is 182 Å². The molecular weight excluding hydrogens is 418 g/mol. The fourth-order valence-electron chi connectivity index (χ4n) is 2.79. The van der Waals surface area contributed by atoms with Gasteiger partial charge < -0.3 is 19.8 Å². The molecule has 0 unspecified atom stereocenters. The molecule has 158 valence electrons. The second kappa shape index (κ2) is 9.28. The van der Waals surface area contributed by atoms with Gasteiger partial charge in [0.2, 0.25) is 0 Å². The van der Waals surface area contributed by atoms with Crippen LogP contribution in [0, 0.1) is 25.2 Å². The molecule has 2 heterocycles. The zero-order valence-electron chi connectivity index (χ0n) is 17.1. The Bertz CT molecular complexity index is 1190. The predicted molar refractivity (Wildman–Crippen MR) is 116 cm³/mol. The van der Waals surface area contributed by atoms with Gasteiger partial charge in [0, 0.05) is 11.3 Å². The van der Waals surface area contributed by atoms with Crippen molar-refractivity contribution in [2.75, 3.05) is 17.2 Å². The fourth-order valence-corrected chi connectivity index (χ4v) is 3.84. The number of esters is 1. The molecule has 31 heavy (non-hydrogen) atoms. The topological polar surface area (TPSA) is 121 Å². The Morgan fingerprint density at radius 1 is 1.16 bits per heavy atom. The third-order valence-electron chi connectivity index (χ3n) is 4.44. The standard InChI is InChI=1S/C22H19N3O5S/c1-4-29-22(28)18-13(3)15(11-23)21(31-18)25-19(26)14-8-7-12(2)16(10-14)24-20(27)17-6-5-9-30-17/h5-10H,4H2,1-3H3,(H,24,27)(H,25,26). The number of thiophene rings is 1. The van der Waals surface area contributed by atoms with E-state index in [1.807, 2.05) is 6.07 Å². The van der Waals surface area contributed by atoms with E-state index in [1.165, 1.54) is 18.4 Å². The maximum Gasteiger partial charge on any atom is 0.348 e. The molecule has 3 rings (SSSR count). The summed E-state index contributed by atoms with van der Waals surface area (Å²) in [6, 6.07) is 9.99. The third-order valence-corrected chi connectivity index (χ3v) is 5.63. The van der Waals surface area contributed by atoms with Gasteiger partial charge in [0.15, 0.2) is 5.76 Å². The number of rotatable bonds is 6. The minimum Gasteiger partial charge on any atom is -0.462 e. The minimum atomic E-state index is -0.541. The molecule has 0 spiro atoms. The zero-order valence-corrected chi connectivity index (χ0v) is 17.9. The van der Waals surface area contributed by atoms with Crippen molar-refractivity contribution in [3.05, 3.63) is 69.5 Å². The van der Waals surface area contributed by atoms with E-state index in [-0.39, 0.29) is 33.4 Å². The number of furan rings is 1. The van der Waals surface area contributed by atoms with Crippen LogP contribution in [-0.4, -0.2) is 24.4 Å². The Kier molecular flexibility index (Phi) is 6.52. The van der Waals surface area contributed by atoms with E-state index in [0.29, 0.717) is 11.3 Å². The van der Waals surface area contributed by atoms with Crippen LogP contribution in [-0.2, 0) is 4.74 Å². The van der Waals surface area contributed by atoms with Crippen LogP contribution < -0.4 is 10.6 Å². The molecule has 0 aliphatic carbocycles. The normalized spacial score (nSPS) is 10.3. The van der Waals surface area contributed by atoms with Gasteiger partial charge >= 0.3 is 5.97 Å². The Balaban J connectivity index is 1.84. The summed E-state index contributed by atoms with van der Waals surface area (Å²) in [6.07, 6.45) is 1.39. The van der Waals surface area contributed by atoms with Crippen molar-refractivity contribution in [1.82, 2.24) is 0 Å². The molecule has 0 radical (unpaired) electrons. The average molecular weight is 437 g/mol. The lowest BCUT2D eigenvalue weighted by atomic mass is 10.1. The molecule has 2 N–H and O–H groups in total. The number of hydrogen-bond donors (Lipinski definition) is 2. The molecular formula is C22H19N3O5S. The van der Waals surface area contributed by atoms with Crippen LogP contribution in [0.25, 0.3) is 0 Å². The van der Waals surface area contributed by atoms with Gasteiger partial charge in [0.25, 0.3) is 11.8 Å². The Morgan fingerprint density at radius 2 is 1.94 bits per heavy atom. The number of anilines is 2. The van der Waals surface area contributed by atoms with Gasteiger partial charge in [-0.3, -0.25) is 9.59 Å². The predicted octanol–water partition coefficient (Wildman–Crippen LogP) is 4.51. The minimum absolute atomic E-state index is 0.147. The lowest BCUT2D eigenvalue weighted by Crippen LogP contribution is -2.15. The molecule has 1 aromatic carbocycles. The maximum absolute atomic E-state index is 12.8. The van der Waals surface area contributed by atoms with Gasteiger partial charge in [-0.05, 0) is 56.2 Å². The number of carbonyl (C=O) groups is 3. The Hall–Kier alpha value is -3.90. The van der Waals surface area contributed by atoms with Crippen LogP contribution in [0.5, 0.6) is 0 Å². The highest BCUT2D eigenvalue weighted by Gasteiger charge is 2.23. The van der Waals surface area contributed by atoms with Gasteiger partial charge in [-0.15, -0.1) is 11.3 Å². The molecule has 2 aromatic heterocycles. The summed E-state index contributed by atoms with van der Waals surface area (Å²) in [5.41, 5.74) is 2.14. The molecule has 0 saturated carbocycles. The van der Waals surface area contributed by atoms with Crippen molar-refractivity contribution in [3.63, 3.8) is 0 Å². The summed E-state index contributed by atoms with van der Waals surface area (Å²) < 4.78 is 10.1. The first kappa shape index (κ1) is 21.8. The lowest BCUT2D eigenvalue weighted by molar-refractivity contribution is 0.0531. The van der Waals surface area contributed by atoms with E-state index < -0.39 is 17.8 Å². The second-order valence-electron chi connectivity index (χ2n) is 6.51. The van der Waals surface area contributed by atoms with Crippen molar-refractivity contribution in [3.8, 4) is 6.07 Å². The van der Waals surface area contributed by atoms with Gasteiger partial charge in [0.05, 0.1) is 18.4 Å². The van der Waals surface area contributed by atoms with Crippen molar-refractivity contribution < 1.29 is 23.5 Å². The second-order valence-corrected chi connectivity index (χ2v) is 7.53. The van der Waals surface area contributed by atoms with E-state index in [1.54, 1.807) is 39.0 Å². The van der Waals surface area contributed by atoms with Crippen molar-refractivity contribution in [2.24, 2.45) is 0 Å². The summed E-state index contributed by atoms with van der Waals surface area (Å²) in [5, 5.41) is 15.1. The Morgan fingerprint density at radius 3 is 2.58 bits per heavy atom. The molecule has 9 heteroatoms. The quantitative estimate of drug-likeness (QED) is 0.547. The number of nitrogens with one attached hydrogen (secondary N) is 2. The maximum atomic E-state index is 12.8. The number of carbonyl (C=O) groups excluding carboxylic acids is 3. The van der Waals surface area contributed by atoms with Crippen molar-refractivity contribution >= 4 is 39.8 Å². The molecule has 0 aliphatic rings. The van der Waals surface area contributed by atoms with Crippen LogP contribution in [0.1, 0.15) is 54.2 Å². The van der Waals surface area contributed by atoms with Crippen LogP contribution in [0.4, 0.5) is 10.7 Å². The first-order valence-corrected chi connectivity index (χ1v) is 10.1. The SMILES string of the molecule is CCOC(=O)c1sc(NC(=O)c2ccc(C)c(NC(=O)c3ccco3)c2)c(C#N)c1C. The molecule has 3 aromatic rings. The summed E-state index contributed by atoms with van der Waals surface area (Å²) >= 11 is 0.987. The highest BCUT2D eigenvalue weighted by Crippen LogP contribution is 2.33. The number of amides is 2. The molecule has 0 bridgehead atoms. The van der Waals surface area contributed by atoms with E-state index in [0.717, 1.165) is 16.9 Å². The summed E-state index contributed by atoms with van der Waals surface area (Å²) in [7, 11) is 0. The van der Waals surface area contributed by atoms with Crippen LogP contribution >= 0.6 is 11.3 Å². The summed E-state index contributed by atoms with van der Waals surface area (Å²) in [5.74, 6) is -1.32. The third kappa shape index (κ3) is 4.65. The number of nitrogens with zero attached hydrogens (tertiary/aromatic N) is 1. The van der Waals surface area contributed by atoms with E-state index in [4.69, 9.17) is 9.15 Å². The smallest absolute Gasteiger partial charge is 0.348 e. The zero-order chi connectivity index (χ0) is 22.5. The van der Waals surface area contributed by atoms with Gasteiger partial charge in [-0.25, -0.2) is 4.79 Å². The molecule has 0 saturated heterocycles. The number of aryl methyl sites for hydroxylation is 1. The first-order valence-electron chi connectivity index (χ1n) is 9.33.